The molecule has 0 saturated carbocycles. The average Bonchev–Trinajstić information content (AvgIpc) is 3.55. The standard InChI is InChI=1S/C21H19ClF3N7O4S/c1-11(36-12(2)33)17-27-16(28-32(17)19-26-7-8-37-19)10-31-20(35)30(9-15(34)21(23,24)25)18(29-31)13-3-5-14(22)6-4-13/h3-8,11,15,34H,9-10H2,1-2H3. The Balaban J connectivity index is 1.76. The molecule has 4 rings (SSSR count). The van der Waals surface area contributed by atoms with Crippen molar-refractivity contribution in [2.45, 2.75) is 45.3 Å². The Morgan fingerprint density at radius 3 is 2.54 bits per heavy atom. The Morgan fingerprint density at radius 1 is 1.24 bits per heavy atom. The number of ether oxygens (including phenoxy) is 1. The summed E-state index contributed by atoms with van der Waals surface area (Å²) in [4.78, 5) is 33.1. The van der Waals surface area contributed by atoms with E-state index in [1.54, 1.807) is 12.3 Å². The quantitative estimate of drug-likeness (QED) is 0.327. The highest BCUT2D eigenvalue weighted by Gasteiger charge is 2.39. The average molecular weight is 558 g/mol. The zero-order chi connectivity index (χ0) is 26.9. The van der Waals surface area contributed by atoms with Crippen molar-refractivity contribution in [3.63, 3.8) is 0 Å². The summed E-state index contributed by atoms with van der Waals surface area (Å²) in [5.74, 6) is -0.376. The first kappa shape index (κ1) is 26.5. The van der Waals surface area contributed by atoms with E-state index in [0.717, 1.165) is 9.25 Å². The second kappa shape index (κ2) is 10.4. The van der Waals surface area contributed by atoms with E-state index in [1.807, 2.05) is 0 Å². The highest BCUT2D eigenvalue weighted by molar-refractivity contribution is 7.12. The van der Waals surface area contributed by atoms with E-state index in [1.165, 1.54) is 53.4 Å². The highest BCUT2D eigenvalue weighted by atomic mass is 35.5. The second-order valence-corrected chi connectivity index (χ2v) is 9.11. The third-order valence-electron chi connectivity index (χ3n) is 5.03. The van der Waals surface area contributed by atoms with E-state index in [4.69, 9.17) is 16.3 Å². The largest absolute Gasteiger partial charge is 0.455 e. The topological polar surface area (TPSA) is 130 Å². The molecule has 2 unspecified atom stereocenters. The fourth-order valence-electron chi connectivity index (χ4n) is 3.39. The number of aromatic nitrogens is 7. The summed E-state index contributed by atoms with van der Waals surface area (Å²) in [6, 6.07) is 5.95. The lowest BCUT2D eigenvalue weighted by Crippen LogP contribution is -2.37. The van der Waals surface area contributed by atoms with Gasteiger partial charge in [-0.15, -0.1) is 21.5 Å². The Morgan fingerprint density at radius 2 is 1.95 bits per heavy atom. The number of hydrogen-bond donors (Lipinski definition) is 1. The van der Waals surface area contributed by atoms with Crippen molar-refractivity contribution in [2.75, 3.05) is 0 Å². The third-order valence-corrected chi connectivity index (χ3v) is 6.03. The van der Waals surface area contributed by atoms with Crippen LogP contribution in [-0.2, 0) is 22.6 Å². The van der Waals surface area contributed by atoms with Gasteiger partial charge in [0.25, 0.3) is 0 Å². The zero-order valence-electron chi connectivity index (χ0n) is 19.3. The van der Waals surface area contributed by atoms with E-state index in [-0.39, 0.29) is 24.0 Å². The summed E-state index contributed by atoms with van der Waals surface area (Å²) in [5, 5.41) is 20.7. The van der Waals surface area contributed by atoms with Gasteiger partial charge in [-0.3, -0.25) is 9.36 Å². The van der Waals surface area contributed by atoms with Crippen molar-refractivity contribution in [1.29, 1.82) is 0 Å². The number of alkyl halides is 3. The summed E-state index contributed by atoms with van der Waals surface area (Å²) in [7, 11) is 0. The molecule has 0 radical (unpaired) electrons. The fraction of sp³-hybridized carbons (Fsp3) is 0.333. The number of esters is 1. The van der Waals surface area contributed by atoms with Crippen LogP contribution in [0.5, 0.6) is 0 Å². The van der Waals surface area contributed by atoms with Gasteiger partial charge in [0.15, 0.2) is 29.7 Å². The number of halogens is 4. The van der Waals surface area contributed by atoms with Crippen LogP contribution >= 0.6 is 22.9 Å². The van der Waals surface area contributed by atoms with Crippen molar-refractivity contribution >= 4 is 28.9 Å². The van der Waals surface area contributed by atoms with Gasteiger partial charge in [-0.05, 0) is 31.2 Å². The summed E-state index contributed by atoms with van der Waals surface area (Å²) < 4.78 is 47.4. The summed E-state index contributed by atoms with van der Waals surface area (Å²) >= 11 is 7.14. The van der Waals surface area contributed by atoms with Crippen LogP contribution in [0.2, 0.25) is 5.02 Å². The van der Waals surface area contributed by atoms with Crippen LogP contribution in [-0.4, -0.2) is 57.5 Å². The van der Waals surface area contributed by atoms with Crippen LogP contribution < -0.4 is 5.69 Å². The number of carbonyl (C=O) groups is 1. The van der Waals surface area contributed by atoms with Crippen LogP contribution in [0.15, 0.2) is 40.6 Å². The molecular formula is C21H19ClF3N7O4S. The molecule has 11 nitrogen and oxygen atoms in total. The molecule has 0 aliphatic carbocycles. The molecule has 196 valence electrons. The lowest BCUT2D eigenvalue weighted by molar-refractivity contribution is -0.207. The number of thiazole rings is 1. The Hall–Kier alpha value is -3.56. The minimum absolute atomic E-state index is 0.0648. The molecule has 0 amide bonds. The molecule has 0 spiro atoms. The molecule has 0 bridgehead atoms. The maximum absolute atomic E-state index is 13.1. The first-order valence-corrected chi connectivity index (χ1v) is 11.9. The highest BCUT2D eigenvalue weighted by Crippen LogP contribution is 2.25. The SMILES string of the molecule is CC(=O)OC(C)c1nc(Cn2nc(-c3ccc(Cl)cc3)n(CC(O)C(F)(F)F)c2=O)nn1-c1nccs1. The van der Waals surface area contributed by atoms with Gasteiger partial charge in [0.1, 0.15) is 6.54 Å². The number of nitrogens with zero attached hydrogens (tertiary/aromatic N) is 7. The van der Waals surface area contributed by atoms with Gasteiger partial charge in [-0.25, -0.2) is 19.4 Å². The predicted octanol–water partition coefficient (Wildman–Crippen LogP) is 3.00. The lowest BCUT2D eigenvalue weighted by atomic mass is 10.2. The summed E-state index contributed by atoms with van der Waals surface area (Å²) in [5.41, 5.74) is -0.617. The monoisotopic (exact) mass is 557 g/mol. The van der Waals surface area contributed by atoms with Gasteiger partial charge < -0.3 is 9.84 Å². The molecule has 37 heavy (non-hydrogen) atoms. The molecule has 1 N–H and O–H groups in total. The molecule has 4 aromatic rings. The lowest BCUT2D eigenvalue weighted by Gasteiger charge is -2.15. The maximum atomic E-state index is 13.1. The van der Waals surface area contributed by atoms with E-state index < -0.39 is 36.6 Å². The van der Waals surface area contributed by atoms with Gasteiger partial charge in [0.05, 0.1) is 6.54 Å². The molecule has 0 saturated heterocycles. The molecular weight excluding hydrogens is 539 g/mol. The maximum Gasteiger partial charge on any atom is 0.416 e. The van der Waals surface area contributed by atoms with Crippen molar-refractivity contribution in [1.82, 2.24) is 34.1 Å². The van der Waals surface area contributed by atoms with Gasteiger partial charge in [-0.1, -0.05) is 11.6 Å². The van der Waals surface area contributed by atoms with Crippen molar-refractivity contribution in [3.05, 3.63) is 63.0 Å². The second-order valence-electron chi connectivity index (χ2n) is 7.80. The van der Waals surface area contributed by atoms with E-state index in [9.17, 15) is 27.9 Å². The van der Waals surface area contributed by atoms with Gasteiger partial charge in [0.2, 0.25) is 5.13 Å². The van der Waals surface area contributed by atoms with Crippen molar-refractivity contribution < 1.29 is 27.8 Å². The zero-order valence-corrected chi connectivity index (χ0v) is 20.8. The molecule has 2 atom stereocenters. The normalized spacial score (nSPS) is 13.5. The number of hydrogen-bond acceptors (Lipinski definition) is 9. The van der Waals surface area contributed by atoms with Crippen LogP contribution in [0.3, 0.4) is 0 Å². The Labute approximate surface area is 215 Å². The number of rotatable bonds is 8. The first-order chi connectivity index (χ1) is 17.4. The molecule has 16 heteroatoms. The third kappa shape index (κ3) is 5.89. The molecule has 3 heterocycles. The number of benzene rings is 1. The van der Waals surface area contributed by atoms with Gasteiger partial charge >= 0.3 is 17.8 Å². The van der Waals surface area contributed by atoms with Crippen LogP contribution in [0.4, 0.5) is 13.2 Å². The molecule has 1 aromatic carbocycles. The smallest absolute Gasteiger partial charge is 0.416 e. The number of carbonyl (C=O) groups excluding carboxylic acids is 1. The minimum Gasteiger partial charge on any atom is -0.455 e. The Kier molecular flexibility index (Phi) is 7.47. The fourth-order valence-corrected chi connectivity index (χ4v) is 4.12. The first-order valence-electron chi connectivity index (χ1n) is 10.6. The predicted molar refractivity (Wildman–Crippen MR) is 125 cm³/mol. The van der Waals surface area contributed by atoms with Crippen LogP contribution in [0, 0.1) is 0 Å². The van der Waals surface area contributed by atoms with Crippen molar-refractivity contribution in [2.24, 2.45) is 0 Å². The van der Waals surface area contributed by atoms with Gasteiger partial charge in [0, 0.05) is 29.1 Å². The molecule has 0 aliphatic rings. The van der Waals surface area contributed by atoms with E-state index in [0.29, 0.717) is 15.7 Å². The molecule has 0 aliphatic heterocycles. The minimum atomic E-state index is -4.95. The van der Waals surface area contributed by atoms with E-state index in [2.05, 4.69) is 20.2 Å². The summed E-state index contributed by atoms with van der Waals surface area (Å²) in [6.45, 7) is 1.42. The molecule has 0 fully saturated rings. The Bertz CT molecular complexity index is 1450. The summed E-state index contributed by atoms with van der Waals surface area (Å²) in [6.07, 6.45) is -7.02. The van der Waals surface area contributed by atoms with E-state index >= 15 is 0 Å². The van der Waals surface area contributed by atoms with Crippen molar-refractivity contribution in [3.8, 4) is 16.5 Å². The van der Waals surface area contributed by atoms with Crippen LogP contribution in [0.25, 0.3) is 16.5 Å². The van der Waals surface area contributed by atoms with Crippen LogP contribution in [0.1, 0.15) is 31.6 Å². The number of aliphatic hydroxyl groups is 1. The number of aliphatic hydroxyl groups excluding tert-OH is 1. The van der Waals surface area contributed by atoms with Gasteiger partial charge in [-0.2, -0.15) is 17.9 Å². The molecule has 3 aromatic heterocycles.